The largest absolute Gasteiger partial charge is 0.465 e. The van der Waals surface area contributed by atoms with Gasteiger partial charge in [0.15, 0.2) is 0 Å². The van der Waals surface area contributed by atoms with E-state index >= 15 is 0 Å². The lowest BCUT2D eigenvalue weighted by atomic mass is 10.1. The number of esters is 2. The minimum absolute atomic E-state index is 0.370. The number of nitrogens with one attached hydrogen (secondary N) is 3. The van der Waals surface area contributed by atoms with Crippen LogP contribution in [-0.2, 0) is 16.0 Å². The molecule has 9 rings (SSSR count). The Hall–Kier alpha value is -6.49. The van der Waals surface area contributed by atoms with Crippen LogP contribution in [0.1, 0.15) is 88.8 Å². The second kappa shape index (κ2) is 16.7. The van der Waals surface area contributed by atoms with E-state index in [0.29, 0.717) is 34.6 Å². The summed E-state index contributed by atoms with van der Waals surface area (Å²) in [4.78, 5) is 40.7. The average molecular weight is 736 g/mol. The van der Waals surface area contributed by atoms with E-state index in [2.05, 4.69) is 65.6 Å². The molecule has 0 radical (unpaired) electrons. The standard InChI is InChI=1S/C24H22N4O2.C18H17N3O2.C2H6/c1-30-24(29)21-12-19(17-4-5-17)14-26-23(21)27-20-6-7-22-18(11-20)8-10-28(22)15-16-3-2-9-25-13-16;1-23-18(22)15-9-13(11-2-3-11)10-20-17(15)21-14-4-5-16-12(8-14)6-7-19-16;1-2/h2-3,6-14,17H,4-5,15H2,1H3,(H,26,27);4-11,19H,2-3H2,1H3,(H,20,21);1-2H3. The summed E-state index contributed by atoms with van der Waals surface area (Å²) in [5.74, 6) is 1.35. The molecule has 3 N–H and O–H groups in total. The highest BCUT2D eigenvalue weighted by molar-refractivity contribution is 5.97. The van der Waals surface area contributed by atoms with E-state index in [4.69, 9.17) is 9.47 Å². The third kappa shape index (κ3) is 8.67. The number of methoxy groups -OCH3 is 2. The summed E-state index contributed by atoms with van der Waals surface area (Å²) in [6, 6.07) is 24.0. The average Bonchev–Trinajstić information content (AvgIpc) is 4.17. The van der Waals surface area contributed by atoms with Gasteiger partial charge in [0.2, 0.25) is 0 Å². The van der Waals surface area contributed by atoms with Crippen molar-refractivity contribution in [1.82, 2.24) is 24.5 Å². The van der Waals surface area contributed by atoms with Gasteiger partial charge >= 0.3 is 11.9 Å². The maximum atomic E-state index is 12.3. The lowest BCUT2D eigenvalue weighted by molar-refractivity contribution is 0.0592. The first kappa shape index (κ1) is 36.9. The minimum atomic E-state index is -0.379. The molecule has 5 aromatic heterocycles. The van der Waals surface area contributed by atoms with Crippen LogP contribution in [0.5, 0.6) is 0 Å². The Bertz CT molecular complexity index is 2430. The first-order valence-corrected chi connectivity index (χ1v) is 18.7. The molecule has 5 heterocycles. The molecular formula is C44H45N7O4. The van der Waals surface area contributed by atoms with Crippen molar-refractivity contribution in [1.29, 1.82) is 0 Å². The Labute approximate surface area is 320 Å². The van der Waals surface area contributed by atoms with Crippen LogP contribution < -0.4 is 10.6 Å². The molecule has 2 fully saturated rings. The Morgan fingerprint density at radius 3 is 1.91 bits per heavy atom. The SMILES string of the molecule is CC.COC(=O)c1cc(C2CC2)cnc1Nc1ccc2[nH]ccc2c1.COC(=O)c1cc(C2CC2)cnc1Nc1ccc2c(ccn2Cc2cccnc2)c1. The van der Waals surface area contributed by atoms with Crippen LogP contribution in [-0.4, -0.2) is 50.7 Å². The second-order valence-electron chi connectivity index (χ2n) is 13.5. The summed E-state index contributed by atoms with van der Waals surface area (Å²) in [5, 5.41) is 8.74. The molecule has 280 valence electrons. The number of aromatic amines is 1. The van der Waals surface area contributed by atoms with E-state index in [-0.39, 0.29) is 11.9 Å². The number of carbonyl (C=O) groups is 2. The predicted molar refractivity (Wildman–Crippen MR) is 217 cm³/mol. The lowest BCUT2D eigenvalue weighted by Crippen LogP contribution is -2.08. The number of hydrogen-bond acceptors (Lipinski definition) is 9. The smallest absolute Gasteiger partial charge is 0.341 e. The number of benzene rings is 2. The van der Waals surface area contributed by atoms with E-state index in [1.165, 1.54) is 27.1 Å². The highest BCUT2D eigenvalue weighted by atomic mass is 16.5. The first-order chi connectivity index (χ1) is 26.9. The lowest BCUT2D eigenvalue weighted by Gasteiger charge is -2.12. The summed E-state index contributed by atoms with van der Waals surface area (Å²) in [5.41, 5.74) is 8.27. The van der Waals surface area contributed by atoms with Crippen LogP contribution in [0, 0.1) is 0 Å². The monoisotopic (exact) mass is 735 g/mol. The van der Waals surface area contributed by atoms with Crippen molar-refractivity contribution < 1.29 is 19.1 Å². The third-order valence-corrected chi connectivity index (χ3v) is 9.65. The van der Waals surface area contributed by atoms with Gasteiger partial charge in [-0.05, 0) is 121 Å². The van der Waals surface area contributed by atoms with Crippen molar-refractivity contribution in [3.8, 4) is 0 Å². The fourth-order valence-electron chi connectivity index (χ4n) is 6.48. The third-order valence-electron chi connectivity index (χ3n) is 9.65. The van der Waals surface area contributed by atoms with Gasteiger partial charge in [-0.1, -0.05) is 19.9 Å². The highest BCUT2D eigenvalue weighted by Gasteiger charge is 2.27. The Morgan fingerprint density at radius 2 is 1.35 bits per heavy atom. The number of anilines is 4. The highest BCUT2D eigenvalue weighted by Crippen LogP contribution is 2.41. The maximum Gasteiger partial charge on any atom is 0.341 e. The van der Waals surface area contributed by atoms with Gasteiger partial charge in [-0.15, -0.1) is 0 Å². The van der Waals surface area contributed by atoms with E-state index in [0.717, 1.165) is 69.3 Å². The molecule has 0 amide bonds. The molecule has 2 saturated carbocycles. The summed E-state index contributed by atoms with van der Waals surface area (Å²) < 4.78 is 12.1. The quantitative estimate of drug-likeness (QED) is 0.117. The fourth-order valence-corrected chi connectivity index (χ4v) is 6.48. The summed E-state index contributed by atoms with van der Waals surface area (Å²) in [6.07, 6.45) is 16.0. The van der Waals surface area contributed by atoms with Crippen LogP contribution in [0.3, 0.4) is 0 Å². The van der Waals surface area contributed by atoms with Crippen LogP contribution in [0.4, 0.5) is 23.0 Å². The normalized spacial score (nSPS) is 13.2. The number of hydrogen-bond donors (Lipinski definition) is 3. The van der Waals surface area contributed by atoms with Gasteiger partial charge in [0.25, 0.3) is 0 Å². The van der Waals surface area contributed by atoms with Crippen molar-refractivity contribution in [2.24, 2.45) is 0 Å². The maximum absolute atomic E-state index is 12.3. The molecule has 0 aliphatic heterocycles. The molecule has 0 saturated heterocycles. The molecule has 2 aliphatic carbocycles. The molecule has 11 nitrogen and oxygen atoms in total. The second-order valence-corrected chi connectivity index (χ2v) is 13.5. The van der Waals surface area contributed by atoms with Gasteiger partial charge in [0, 0.05) is 76.9 Å². The first-order valence-electron chi connectivity index (χ1n) is 18.7. The molecule has 0 unspecified atom stereocenters. The van der Waals surface area contributed by atoms with Crippen molar-refractivity contribution in [2.45, 2.75) is 57.9 Å². The molecule has 0 bridgehead atoms. The Balaban J connectivity index is 0.000000167. The molecule has 7 aromatic rings. The molecular weight excluding hydrogens is 691 g/mol. The number of nitrogens with zero attached hydrogens (tertiary/aromatic N) is 4. The van der Waals surface area contributed by atoms with Crippen molar-refractivity contribution in [2.75, 3.05) is 24.9 Å². The number of carbonyl (C=O) groups excluding carboxylic acids is 2. The van der Waals surface area contributed by atoms with Crippen LogP contribution >= 0.6 is 0 Å². The van der Waals surface area contributed by atoms with Gasteiger partial charge < -0.3 is 29.7 Å². The molecule has 0 atom stereocenters. The zero-order valence-electron chi connectivity index (χ0n) is 31.5. The molecule has 2 aromatic carbocycles. The van der Waals surface area contributed by atoms with Gasteiger partial charge in [-0.3, -0.25) is 4.98 Å². The zero-order chi connectivity index (χ0) is 38.3. The van der Waals surface area contributed by atoms with Crippen molar-refractivity contribution >= 4 is 56.8 Å². The van der Waals surface area contributed by atoms with Gasteiger partial charge in [0.1, 0.15) is 22.8 Å². The zero-order valence-corrected chi connectivity index (χ0v) is 31.5. The van der Waals surface area contributed by atoms with Crippen LogP contribution in [0.15, 0.2) is 110 Å². The molecule has 11 heteroatoms. The van der Waals surface area contributed by atoms with E-state index in [9.17, 15) is 9.59 Å². The molecule has 55 heavy (non-hydrogen) atoms. The van der Waals surface area contributed by atoms with Crippen LogP contribution in [0.2, 0.25) is 0 Å². The number of pyridine rings is 3. The minimum Gasteiger partial charge on any atom is -0.465 e. The van der Waals surface area contributed by atoms with Crippen molar-refractivity contribution in [3.05, 3.63) is 138 Å². The van der Waals surface area contributed by atoms with Gasteiger partial charge in [-0.25, -0.2) is 19.6 Å². The fraction of sp³-hybridized carbons (Fsp3) is 0.250. The van der Waals surface area contributed by atoms with Gasteiger partial charge in [0.05, 0.1) is 14.2 Å². The number of H-pyrrole nitrogens is 1. The molecule has 2 aliphatic rings. The number of rotatable bonds is 10. The summed E-state index contributed by atoms with van der Waals surface area (Å²) in [6.45, 7) is 4.76. The Morgan fingerprint density at radius 1 is 0.745 bits per heavy atom. The number of aromatic nitrogens is 5. The van der Waals surface area contributed by atoms with Crippen molar-refractivity contribution in [3.63, 3.8) is 0 Å². The summed E-state index contributed by atoms with van der Waals surface area (Å²) in [7, 11) is 2.79. The molecule has 0 spiro atoms. The number of fused-ring (bicyclic) bond motifs is 2. The van der Waals surface area contributed by atoms with E-state index < -0.39 is 0 Å². The summed E-state index contributed by atoms with van der Waals surface area (Å²) >= 11 is 0. The predicted octanol–water partition coefficient (Wildman–Crippen LogP) is 9.88. The Kier molecular flexibility index (Phi) is 11.2. The number of ether oxygens (including phenoxy) is 2. The van der Waals surface area contributed by atoms with Gasteiger partial charge in [-0.2, -0.15) is 0 Å². The topological polar surface area (TPSA) is 136 Å². The van der Waals surface area contributed by atoms with E-state index in [1.54, 1.807) is 6.20 Å². The van der Waals surface area contributed by atoms with E-state index in [1.807, 2.05) is 87.2 Å². The van der Waals surface area contributed by atoms with Crippen LogP contribution in [0.25, 0.3) is 21.8 Å².